The van der Waals surface area contributed by atoms with Crippen LogP contribution in [0.15, 0.2) is 54.6 Å². The van der Waals surface area contributed by atoms with Crippen molar-refractivity contribution in [2.24, 2.45) is 5.73 Å². The predicted octanol–water partition coefficient (Wildman–Crippen LogP) is 3.42. The van der Waals surface area contributed by atoms with Crippen molar-refractivity contribution < 1.29 is 34.2 Å². The van der Waals surface area contributed by atoms with Crippen molar-refractivity contribution in [2.45, 2.75) is 96.8 Å². The topological polar surface area (TPSA) is 227 Å². The molecule has 0 aromatic heterocycles. The van der Waals surface area contributed by atoms with E-state index in [2.05, 4.69) is 28.2 Å². The molecule has 5 amide bonds. The zero-order chi connectivity index (χ0) is 40.9. The molecule has 0 saturated carbocycles. The fourth-order valence-electron chi connectivity index (χ4n) is 6.91. The van der Waals surface area contributed by atoms with Gasteiger partial charge in [-0.15, -0.1) is 0 Å². The van der Waals surface area contributed by atoms with Gasteiger partial charge in [-0.3, -0.25) is 24.0 Å². The smallest absolute Gasteiger partial charge is 0.252 e. The maximum atomic E-state index is 14.5. The van der Waals surface area contributed by atoms with Gasteiger partial charge in [0.25, 0.3) is 5.91 Å². The highest BCUT2D eigenvalue weighted by Crippen LogP contribution is 2.39. The number of fused-ring (bicyclic) bond motifs is 5. The van der Waals surface area contributed by atoms with Crippen LogP contribution in [-0.4, -0.2) is 82.4 Å². The van der Waals surface area contributed by atoms with Crippen LogP contribution in [0.5, 0.6) is 11.5 Å². The molecule has 0 spiro atoms. The number of unbranched alkanes of at least 4 members (excludes halogenated alkanes) is 3. The quantitative estimate of drug-likeness (QED) is 0.0941. The minimum Gasteiger partial charge on any atom is -0.507 e. The number of hydrogen-bond acceptors (Lipinski definition) is 9. The van der Waals surface area contributed by atoms with Crippen molar-refractivity contribution in [1.82, 2.24) is 26.2 Å². The lowest BCUT2D eigenvalue weighted by Gasteiger charge is -2.34. The molecule has 0 aliphatic carbocycles. The largest absolute Gasteiger partial charge is 0.507 e. The van der Waals surface area contributed by atoms with E-state index in [-0.39, 0.29) is 60.7 Å². The number of benzene rings is 3. The third-order valence-electron chi connectivity index (χ3n) is 9.95. The van der Waals surface area contributed by atoms with Crippen LogP contribution in [0.1, 0.15) is 91.5 Å². The Morgan fingerprint density at radius 1 is 0.964 bits per heavy atom. The lowest BCUT2D eigenvalue weighted by Crippen LogP contribution is -2.56. The van der Waals surface area contributed by atoms with E-state index in [1.165, 1.54) is 42.5 Å². The number of hydrogen-bond donors (Lipinski definition) is 7. The molecule has 1 aliphatic rings. The number of nitrogens with one attached hydrogen (secondary N) is 4. The molecule has 14 heteroatoms. The lowest BCUT2D eigenvalue weighted by atomic mass is 9.93. The first-order valence-electron chi connectivity index (χ1n) is 19.1. The lowest BCUT2D eigenvalue weighted by molar-refractivity contribution is -0.143. The highest BCUT2D eigenvalue weighted by Gasteiger charge is 2.37. The van der Waals surface area contributed by atoms with Gasteiger partial charge in [0.15, 0.2) is 0 Å². The van der Waals surface area contributed by atoms with Gasteiger partial charge in [-0.2, -0.15) is 5.26 Å². The van der Waals surface area contributed by atoms with Crippen molar-refractivity contribution in [3.8, 4) is 28.7 Å². The Hall–Kier alpha value is -5.94. The number of carbonyl (C=O) groups is 5. The minimum atomic E-state index is -1.39. The molecule has 0 radical (unpaired) electrons. The first-order chi connectivity index (χ1) is 26.8. The summed E-state index contributed by atoms with van der Waals surface area (Å²) in [6.07, 6.45) is 5.39. The first-order valence-corrected chi connectivity index (χ1v) is 19.1. The second kappa shape index (κ2) is 20.1. The van der Waals surface area contributed by atoms with Gasteiger partial charge in [-0.05, 0) is 99.2 Å². The highest BCUT2D eigenvalue weighted by atomic mass is 16.3. The van der Waals surface area contributed by atoms with E-state index < -0.39 is 53.7 Å². The standard InChI is InChI=1S/C42H53N7O7/c1-5-7-8-9-10-27-11-14-30(25(3)21-27)39(53)47-33(17-18-43)42(56)49(6-2)37-29-13-16-36(51)32(24-29)31-22-28(12-15-35(31)50)23-34(40(54)45-20-19-44)48-38(52)26(4)46-41(37)55/h11-16,21-22,24,26,33-34,37,50-51H,5-10,17-18,20,23,43H2,1-4H3,(H,45,54)(H,46,55)(H,47,53)(H,48,52)/t26-,33-,34-,37-/m0/s1. The summed E-state index contributed by atoms with van der Waals surface area (Å²) < 4.78 is 0. The number of amides is 5. The van der Waals surface area contributed by atoms with Crippen LogP contribution in [-0.2, 0) is 32.0 Å². The molecule has 4 bridgehead atoms. The van der Waals surface area contributed by atoms with E-state index >= 15 is 0 Å². The van der Waals surface area contributed by atoms with Gasteiger partial charge in [0.1, 0.15) is 42.2 Å². The maximum absolute atomic E-state index is 14.5. The Labute approximate surface area is 327 Å². The summed E-state index contributed by atoms with van der Waals surface area (Å²) in [7, 11) is 0. The highest BCUT2D eigenvalue weighted by molar-refractivity contribution is 6.00. The Morgan fingerprint density at radius 3 is 2.34 bits per heavy atom. The van der Waals surface area contributed by atoms with Crippen molar-refractivity contribution in [2.75, 3.05) is 19.6 Å². The van der Waals surface area contributed by atoms with Crippen molar-refractivity contribution in [1.29, 1.82) is 5.26 Å². The number of phenolic OH excluding ortho intramolecular Hbond substituents is 2. The van der Waals surface area contributed by atoms with Crippen molar-refractivity contribution >= 4 is 29.5 Å². The van der Waals surface area contributed by atoms with E-state index in [4.69, 9.17) is 11.0 Å². The van der Waals surface area contributed by atoms with Crippen LogP contribution in [0, 0.1) is 18.3 Å². The normalized spacial score (nSPS) is 17.3. The number of likely N-dealkylation sites (N-methyl/N-ethyl adjacent to an activating group) is 1. The Kier molecular flexibility index (Phi) is 15.4. The van der Waals surface area contributed by atoms with Crippen molar-refractivity contribution in [3.63, 3.8) is 0 Å². The zero-order valence-electron chi connectivity index (χ0n) is 32.5. The summed E-state index contributed by atoms with van der Waals surface area (Å²) in [5.74, 6) is -3.64. The van der Waals surface area contributed by atoms with Crippen LogP contribution in [0.4, 0.5) is 0 Å². The maximum Gasteiger partial charge on any atom is 0.252 e. The number of carbonyl (C=O) groups excluding carboxylic acids is 5. The molecule has 298 valence electrons. The fraction of sp³-hybridized carbons (Fsp3) is 0.429. The molecule has 0 saturated heterocycles. The molecule has 14 nitrogen and oxygen atoms in total. The second-order valence-electron chi connectivity index (χ2n) is 14.1. The molecular formula is C42H53N7O7. The van der Waals surface area contributed by atoms with Crippen molar-refractivity contribution in [3.05, 3.63) is 82.4 Å². The fourth-order valence-corrected chi connectivity index (χ4v) is 6.91. The van der Waals surface area contributed by atoms with Gasteiger partial charge in [0.2, 0.25) is 23.6 Å². The molecule has 0 unspecified atom stereocenters. The molecule has 56 heavy (non-hydrogen) atoms. The molecule has 3 aromatic rings. The second-order valence-corrected chi connectivity index (χ2v) is 14.1. The monoisotopic (exact) mass is 767 g/mol. The number of rotatable bonds is 14. The Morgan fingerprint density at radius 2 is 1.68 bits per heavy atom. The van der Waals surface area contributed by atoms with Gasteiger partial charge in [0, 0.05) is 29.7 Å². The first kappa shape index (κ1) is 42.8. The molecule has 4 atom stereocenters. The van der Waals surface area contributed by atoms with Crippen LogP contribution in [0.2, 0.25) is 0 Å². The van der Waals surface area contributed by atoms with Gasteiger partial charge < -0.3 is 42.1 Å². The van der Waals surface area contributed by atoms with Gasteiger partial charge >= 0.3 is 0 Å². The van der Waals surface area contributed by atoms with E-state index in [0.717, 1.165) is 36.8 Å². The van der Waals surface area contributed by atoms with E-state index in [9.17, 15) is 34.2 Å². The average molecular weight is 768 g/mol. The molecule has 3 aromatic carbocycles. The predicted molar refractivity (Wildman–Crippen MR) is 211 cm³/mol. The van der Waals surface area contributed by atoms with Crippen LogP contribution >= 0.6 is 0 Å². The zero-order valence-corrected chi connectivity index (χ0v) is 32.5. The van der Waals surface area contributed by atoms with Gasteiger partial charge in [-0.1, -0.05) is 50.5 Å². The SMILES string of the molecule is CCCCCCc1ccc(C(=O)N[C@@H](CCN)C(=O)N(CC)[C@@H]2C(=O)N[C@@H](C)C(=O)N[C@H](C(=O)NCC#N)Cc3ccc(O)c(c3)-c3cc2ccc3O)c(C)c1. The number of nitrogens with zero attached hydrogens (tertiary/aromatic N) is 2. The molecule has 1 aliphatic heterocycles. The van der Waals surface area contributed by atoms with Crippen LogP contribution in [0.3, 0.4) is 0 Å². The summed E-state index contributed by atoms with van der Waals surface area (Å²) in [6.45, 7) is 6.81. The Bertz CT molecular complexity index is 1960. The summed E-state index contributed by atoms with van der Waals surface area (Å²) in [5.41, 5.74) is 9.29. The van der Waals surface area contributed by atoms with Crippen LogP contribution < -0.4 is 27.0 Å². The minimum absolute atomic E-state index is 0.0156. The third kappa shape index (κ3) is 10.6. The molecular weight excluding hydrogens is 715 g/mol. The number of nitrogens with two attached hydrogens (primary N) is 1. The van der Waals surface area contributed by atoms with Gasteiger partial charge in [0.05, 0.1) is 6.07 Å². The molecule has 8 N–H and O–H groups in total. The summed E-state index contributed by atoms with van der Waals surface area (Å²) in [6, 6.07) is 11.3. The summed E-state index contributed by atoms with van der Waals surface area (Å²) in [4.78, 5) is 70.4. The third-order valence-corrected chi connectivity index (χ3v) is 9.95. The molecule has 4 rings (SSSR count). The van der Waals surface area contributed by atoms with E-state index in [0.29, 0.717) is 11.1 Å². The number of aryl methyl sites for hydroxylation is 2. The molecule has 0 fully saturated rings. The van der Waals surface area contributed by atoms with Gasteiger partial charge in [-0.25, -0.2) is 0 Å². The number of aromatic hydroxyl groups is 2. The molecule has 1 heterocycles. The van der Waals surface area contributed by atoms with Crippen LogP contribution in [0.25, 0.3) is 11.1 Å². The average Bonchev–Trinajstić information content (AvgIpc) is 3.17. The summed E-state index contributed by atoms with van der Waals surface area (Å²) in [5, 5.41) is 41.6. The number of nitriles is 1. The van der Waals surface area contributed by atoms with E-state index in [1.807, 2.05) is 25.1 Å². The Balaban J connectivity index is 1.73. The summed E-state index contributed by atoms with van der Waals surface area (Å²) >= 11 is 0. The van der Waals surface area contributed by atoms with E-state index in [1.54, 1.807) is 25.1 Å². The number of phenols is 2.